The molecular weight excluding hydrogens is 945 g/mol. The van der Waals surface area contributed by atoms with E-state index in [4.69, 9.17) is 9.47 Å². The van der Waals surface area contributed by atoms with E-state index in [0.29, 0.717) is 12.8 Å². The van der Waals surface area contributed by atoms with Crippen LogP contribution in [-0.4, -0.2) is 36.4 Å². The van der Waals surface area contributed by atoms with Crippen molar-refractivity contribution in [2.45, 2.75) is 399 Å². The second-order valence-electron chi connectivity index (χ2n) is 24.0. The van der Waals surface area contributed by atoms with E-state index in [1.807, 2.05) is 0 Å². The Morgan fingerprint density at radius 3 is 0.779 bits per heavy atom. The molecule has 5 heteroatoms. The van der Waals surface area contributed by atoms with Gasteiger partial charge in [-0.2, -0.15) is 0 Å². The standard InChI is InChI=1S/C72H136O5/c1-3-5-7-9-11-13-15-17-19-21-23-25-27-29-30-31-32-33-34-35-36-37-38-39-40-41-43-44-46-48-50-52-54-56-58-60-62-64-66-71(74)76-69-70(68-73)77-72(75)67-65-63-61-59-57-55-53-51-49-47-45-42-28-26-24-22-20-18-16-14-12-10-8-6-4-2/h16,18,22,24,28,42,70,73H,3-15,17,19-21,23,25-27,29-41,43-69H2,1-2H3/b18-16-,24-22-,42-28-. The van der Waals surface area contributed by atoms with Crippen molar-refractivity contribution in [2.75, 3.05) is 13.2 Å². The molecule has 0 aliphatic heterocycles. The molecule has 0 spiro atoms. The number of allylic oxidation sites excluding steroid dienone is 6. The Bertz CT molecular complexity index is 1220. The van der Waals surface area contributed by atoms with E-state index in [2.05, 4.69) is 50.3 Å². The van der Waals surface area contributed by atoms with Gasteiger partial charge in [0.15, 0.2) is 6.10 Å². The van der Waals surface area contributed by atoms with E-state index in [0.717, 1.165) is 44.9 Å². The topological polar surface area (TPSA) is 72.8 Å². The summed E-state index contributed by atoms with van der Waals surface area (Å²) < 4.78 is 10.8. The Morgan fingerprint density at radius 2 is 0.519 bits per heavy atom. The van der Waals surface area contributed by atoms with Crippen LogP contribution >= 0.6 is 0 Å². The van der Waals surface area contributed by atoms with Crippen LogP contribution in [0.25, 0.3) is 0 Å². The molecule has 1 atom stereocenters. The zero-order valence-corrected chi connectivity index (χ0v) is 52.3. The Labute approximate surface area is 482 Å². The Kier molecular flexibility index (Phi) is 66.7. The highest BCUT2D eigenvalue weighted by Crippen LogP contribution is 2.19. The molecule has 1 unspecified atom stereocenters. The maximum atomic E-state index is 12.3. The summed E-state index contributed by atoms with van der Waals surface area (Å²) in [5.41, 5.74) is 0. The number of aliphatic hydroxyl groups is 1. The lowest BCUT2D eigenvalue weighted by Crippen LogP contribution is -2.28. The van der Waals surface area contributed by atoms with Crippen molar-refractivity contribution in [3.8, 4) is 0 Å². The van der Waals surface area contributed by atoms with Gasteiger partial charge in [0.1, 0.15) is 6.61 Å². The van der Waals surface area contributed by atoms with Crippen molar-refractivity contribution in [3.05, 3.63) is 36.5 Å². The van der Waals surface area contributed by atoms with Gasteiger partial charge in [0.25, 0.3) is 0 Å². The second-order valence-corrected chi connectivity index (χ2v) is 24.0. The lowest BCUT2D eigenvalue weighted by molar-refractivity contribution is -0.161. The normalized spacial score (nSPS) is 12.3. The molecule has 0 bridgehead atoms. The van der Waals surface area contributed by atoms with Crippen LogP contribution in [0, 0.1) is 0 Å². The minimum Gasteiger partial charge on any atom is -0.462 e. The molecule has 0 saturated heterocycles. The average Bonchev–Trinajstić information content (AvgIpc) is 3.43. The third-order valence-corrected chi connectivity index (χ3v) is 16.2. The maximum Gasteiger partial charge on any atom is 0.306 e. The number of rotatable bonds is 66. The van der Waals surface area contributed by atoms with Crippen LogP contribution in [0.5, 0.6) is 0 Å². The number of hydrogen-bond acceptors (Lipinski definition) is 5. The first kappa shape index (κ1) is 75.1. The molecule has 0 heterocycles. The van der Waals surface area contributed by atoms with E-state index in [1.54, 1.807) is 0 Å². The lowest BCUT2D eigenvalue weighted by atomic mass is 10.0. The molecule has 5 nitrogen and oxygen atoms in total. The number of unbranched alkanes of at least 4 members (excludes halogenated alkanes) is 52. The van der Waals surface area contributed by atoms with Gasteiger partial charge in [-0.15, -0.1) is 0 Å². The molecule has 454 valence electrons. The van der Waals surface area contributed by atoms with Gasteiger partial charge < -0.3 is 14.6 Å². The fourth-order valence-corrected chi connectivity index (χ4v) is 10.9. The molecule has 0 saturated carbocycles. The van der Waals surface area contributed by atoms with Gasteiger partial charge in [0.05, 0.1) is 6.61 Å². The van der Waals surface area contributed by atoms with Crippen LogP contribution in [0.15, 0.2) is 36.5 Å². The summed E-state index contributed by atoms with van der Waals surface area (Å²) in [6.07, 6.45) is 90.5. The van der Waals surface area contributed by atoms with Crippen molar-refractivity contribution >= 4 is 11.9 Å². The Hall–Kier alpha value is -1.88. The summed E-state index contributed by atoms with van der Waals surface area (Å²) in [7, 11) is 0. The van der Waals surface area contributed by atoms with Gasteiger partial charge in [-0.1, -0.05) is 365 Å². The predicted molar refractivity (Wildman–Crippen MR) is 339 cm³/mol. The first-order valence-corrected chi connectivity index (χ1v) is 35.0. The van der Waals surface area contributed by atoms with E-state index >= 15 is 0 Å². The molecule has 0 amide bonds. The monoisotopic (exact) mass is 1080 g/mol. The van der Waals surface area contributed by atoms with E-state index < -0.39 is 6.10 Å². The lowest BCUT2D eigenvalue weighted by Gasteiger charge is -2.15. The molecule has 0 radical (unpaired) electrons. The first-order chi connectivity index (χ1) is 38.1. The number of aliphatic hydroxyl groups excluding tert-OH is 1. The molecule has 77 heavy (non-hydrogen) atoms. The van der Waals surface area contributed by atoms with Crippen LogP contribution in [-0.2, 0) is 19.1 Å². The molecule has 0 rings (SSSR count). The summed E-state index contributed by atoms with van der Waals surface area (Å²) in [4.78, 5) is 24.6. The van der Waals surface area contributed by atoms with Crippen LogP contribution < -0.4 is 0 Å². The molecule has 0 fully saturated rings. The van der Waals surface area contributed by atoms with Crippen LogP contribution in [0.2, 0.25) is 0 Å². The van der Waals surface area contributed by atoms with Gasteiger partial charge in [-0.3, -0.25) is 9.59 Å². The quantitative estimate of drug-likeness (QED) is 0.0373. The number of ether oxygens (including phenoxy) is 2. The maximum absolute atomic E-state index is 12.3. The molecule has 0 aromatic heterocycles. The fourth-order valence-electron chi connectivity index (χ4n) is 10.9. The first-order valence-electron chi connectivity index (χ1n) is 35.0. The minimum absolute atomic E-state index is 0.0628. The number of carbonyl (C=O) groups excluding carboxylic acids is 2. The van der Waals surface area contributed by atoms with Crippen molar-refractivity contribution in [2.24, 2.45) is 0 Å². The minimum atomic E-state index is -0.774. The Morgan fingerprint density at radius 1 is 0.299 bits per heavy atom. The summed E-state index contributed by atoms with van der Waals surface area (Å²) in [6.45, 7) is 4.19. The fraction of sp³-hybridized carbons (Fsp3) is 0.889. The number of esters is 2. The zero-order valence-electron chi connectivity index (χ0n) is 52.3. The second kappa shape index (κ2) is 68.4. The third kappa shape index (κ3) is 66.5. The molecule has 0 aliphatic carbocycles. The van der Waals surface area contributed by atoms with Crippen molar-refractivity contribution in [3.63, 3.8) is 0 Å². The van der Waals surface area contributed by atoms with E-state index in [-0.39, 0.29) is 25.2 Å². The van der Waals surface area contributed by atoms with Crippen LogP contribution in [0.4, 0.5) is 0 Å². The summed E-state index contributed by atoms with van der Waals surface area (Å²) in [5, 5.41) is 9.69. The highest BCUT2D eigenvalue weighted by molar-refractivity contribution is 5.70. The third-order valence-electron chi connectivity index (χ3n) is 16.2. The molecular formula is C72H136O5. The highest BCUT2D eigenvalue weighted by atomic mass is 16.6. The van der Waals surface area contributed by atoms with E-state index in [1.165, 1.54) is 321 Å². The summed E-state index contributed by atoms with van der Waals surface area (Å²) in [6, 6.07) is 0. The molecule has 1 N–H and O–H groups in total. The average molecular weight is 1080 g/mol. The highest BCUT2D eigenvalue weighted by Gasteiger charge is 2.16. The predicted octanol–water partition coefficient (Wildman–Crippen LogP) is 24.2. The number of hydrogen-bond donors (Lipinski definition) is 1. The largest absolute Gasteiger partial charge is 0.462 e. The summed E-state index contributed by atoms with van der Waals surface area (Å²) >= 11 is 0. The van der Waals surface area contributed by atoms with Crippen molar-refractivity contribution in [1.82, 2.24) is 0 Å². The SMILES string of the molecule is CCCCCCC/C=C\C/C=C\C/C=C\CCCCCCCCCCCCC(=O)OC(CO)COC(=O)CCCCCCCCCCCCCCCCCCCCCCCCCCCCCCCCCCCCCCCC. The zero-order chi connectivity index (χ0) is 55.5. The van der Waals surface area contributed by atoms with Crippen LogP contribution in [0.1, 0.15) is 393 Å². The molecule has 0 aromatic rings. The van der Waals surface area contributed by atoms with E-state index in [9.17, 15) is 14.7 Å². The van der Waals surface area contributed by atoms with Gasteiger partial charge in [-0.05, 0) is 51.4 Å². The number of carbonyl (C=O) groups is 2. The van der Waals surface area contributed by atoms with Gasteiger partial charge in [0, 0.05) is 12.8 Å². The van der Waals surface area contributed by atoms with Gasteiger partial charge in [0.2, 0.25) is 0 Å². The molecule has 0 aliphatic rings. The van der Waals surface area contributed by atoms with Gasteiger partial charge in [-0.25, -0.2) is 0 Å². The van der Waals surface area contributed by atoms with Gasteiger partial charge >= 0.3 is 11.9 Å². The van der Waals surface area contributed by atoms with Crippen molar-refractivity contribution in [1.29, 1.82) is 0 Å². The van der Waals surface area contributed by atoms with Crippen molar-refractivity contribution < 1.29 is 24.2 Å². The molecule has 0 aromatic carbocycles. The Balaban J connectivity index is 3.38. The van der Waals surface area contributed by atoms with Crippen LogP contribution in [0.3, 0.4) is 0 Å². The smallest absolute Gasteiger partial charge is 0.306 e. The summed E-state index contributed by atoms with van der Waals surface area (Å²) in [5.74, 6) is -0.575.